The molecule has 0 radical (unpaired) electrons. The minimum atomic E-state index is -0.512. The lowest BCUT2D eigenvalue weighted by Gasteiger charge is -2.37. The number of allylic oxidation sites excluding steroid dienone is 2. The third-order valence-corrected chi connectivity index (χ3v) is 5.86. The van der Waals surface area contributed by atoms with Crippen LogP contribution < -0.4 is 11.3 Å². The van der Waals surface area contributed by atoms with E-state index in [1.165, 1.54) is 0 Å². The molecular weight excluding hydrogens is 394 g/mol. The van der Waals surface area contributed by atoms with Gasteiger partial charge in [0.15, 0.2) is 0 Å². The number of hydrogen-bond donors (Lipinski definition) is 2. The molecule has 29 heavy (non-hydrogen) atoms. The van der Waals surface area contributed by atoms with Crippen LogP contribution in [0.3, 0.4) is 0 Å². The molecule has 0 aromatic heterocycles. The number of fused-ring (bicyclic) bond motifs is 1. The molecule has 0 bridgehead atoms. The van der Waals surface area contributed by atoms with Gasteiger partial charge in [-0.05, 0) is 53.0 Å². The van der Waals surface area contributed by atoms with Crippen LogP contribution in [0.5, 0.6) is 0 Å². The van der Waals surface area contributed by atoms with Crippen molar-refractivity contribution in [3.05, 3.63) is 22.4 Å². The van der Waals surface area contributed by atoms with Gasteiger partial charge in [0.2, 0.25) is 0 Å². The average molecular weight is 424 g/mol. The topological polar surface area (TPSA) is 100 Å². The molecule has 0 aromatic rings. The second-order valence-electron chi connectivity index (χ2n) is 8.82. The van der Waals surface area contributed by atoms with Crippen molar-refractivity contribution in [3.63, 3.8) is 0 Å². The highest BCUT2D eigenvalue weighted by Gasteiger charge is 2.40. The van der Waals surface area contributed by atoms with Gasteiger partial charge in [0.25, 0.3) is 5.91 Å². The van der Waals surface area contributed by atoms with Crippen molar-refractivity contribution >= 4 is 29.4 Å². The van der Waals surface area contributed by atoms with Gasteiger partial charge in [-0.2, -0.15) is 0 Å². The zero-order chi connectivity index (χ0) is 21.3. The van der Waals surface area contributed by atoms with E-state index < -0.39 is 5.60 Å². The van der Waals surface area contributed by atoms with Crippen LogP contribution in [0.1, 0.15) is 47.0 Å². The lowest BCUT2D eigenvalue weighted by molar-refractivity contribution is -0.121. The molecule has 8 nitrogen and oxygen atoms in total. The molecule has 3 rings (SSSR count). The highest BCUT2D eigenvalue weighted by molar-refractivity contribution is 6.31. The number of nitrogens with two attached hydrogens (primary N) is 1. The number of carbonyl (C=O) groups is 2. The van der Waals surface area contributed by atoms with Crippen LogP contribution in [0.4, 0.5) is 4.79 Å². The highest BCUT2D eigenvalue weighted by Crippen LogP contribution is 2.37. The standard InChI is InChI=1S/C20H30ClN5O3/c1-12-9-16-15(10-14(12)21)23-18(26(16)11-17(27)24-22)13-5-7-25(8-6-13)19(28)29-20(2,3)4/h10,13,16H,5-9,11,22H2,1-4H3,(H,24,27). The summed E-state index contributed by atoms with van der Waals surface area (Å²) in [5, 5.41) is 0.712. The van der Waals surface area contributed by atoms with Gasteiger partial charge in [-0.25, -0.2) is 15.6 Å². The van der Waals surface area contributed by atoms with Gasteiger partial charge in [-0.1, -0.05) is 17.2 Å². The van der Waals surface area contributed by atoms with Crippen molar-refractivity contribution in [2.75, 3.05) is 19.6 Å². The Kier molecular flexibility index (Phi) is 6.24. The summed E-state index contributed by atoms with van der Waals surface area (Å²) in [5.74, 6) is 6.10. The van der Waals surface area contributed by atoms with Crippen LogP contribution >= 0.6 is 11.6 Å². The Morgan fingerprint density at radius 3 is 2.59 bits per heavy atom. The molecule has 160 valence electrons. The molecular formula is C20H30ClN5O3. The van der Waals surface area contributed by atoms with Crippen LogP contribution in [0.15, 0.2) is 27.4 Å². The molecule has 1 fully saturated rings. The van der Waals surface area contributed by atoms with Crippen LogP contribution in [-0.4, -0.2) is 58.9 Å². The SMILES string of the molecule is CC1=C(Cl)C=C2N=C(C3CCN(C(=O)OC(C)(C)C)CC3)N(CC(=O)NN)C2C1. The number of hydrazine groups is 1. The molecule has 1 saturated heterocycles. The fraction of sp³-hybridized carbons (Fsp3) is 0.650. The minimum Gasteiger partial charge on any atom is -0.444 e. The number of piperidine rings is 1. The van der Waals surface area contributed by atoms with Crippen LogP contribution in [0.2, 0.25) is 0 Å². The number of likely N-dealkylation sites (tertiary alicyclic amines) is 1. The predicted octanol–water partition coefficient (Wildman–Crippen LogP) is 2.51. The van der Waals surface area contributed by atoms with Crippen molar-refractivity contribution in [1.82, 2.24) is 15.2 Å². The lowest BCUT2D eigenvalue weighted by atomic mass is 9.93. The first-order valence-corrected chi connectivity index (χ1v) is 10.4. The van der Waals surface area contributed by atoms with Crippen LogP contribution in [0, 0.1) is 5.92 Å². The van der Waals surface area contributed by atoms with Gasteiger partial charge in [0, 0.05) is 24.0 Å². The van der Waals surface area contributed by atoms with Crippen molar-refractivity contribution in [2.45, 2.75) is 58.6 Å². The Bertz CT molecular complexity index is 775. The van der Waals surface area contributed by atoms with Crippen molar-refractivity contribution in [3.8, 4) is 0 Å². The summed E-state index contributed by atoms with van der Waals surface area (Å²) in [7, 11) is 0. The quantitative estimate of drug-likeness (QED) is 0.412. The maximum atomic E-state index is 12.3. The van der Waals surface area contributed by atoms with Gasteiger partial charge < -0.3 is 14.5 Å². The molecule has 2 heterocycles. The molecule has 2 aliphatic heterocycles. The number of nitrogens with zero attached hydrogens (tertiary/aromatic N) is 3. The highest BCUT2D eigenvalue weighted by atomic mass is 35.5. The first kappa shape index (κ1) is 21.6. The van der Waals surface area contributed by atoms with Gasteiger partial charge in [-0.15, -0.1) is 0 Å². The van der Waals surface area contributed by atoms with E-state index in [9.17, 15) is 9.59 Å². The van der Waals surface area contributed by atoms with Gasteiger partial charge in [-0.3, -0.25) is 10.2 Å². The third kappa shape index (κ3) is 4.93. The molecule has 0 saturated carbocycles. The summed E-state index contributed by atoms with van der Waals surface area (Å²) in [6.45, 7) is 8.92. The van der Waals surface area contributed by atoms with E-state index >= 15 is 0 Å². The fourth-order valence-electron chi connectivity index (χ4n) is 3.94. The number of halogens is 1. The number of amides is 2. The summed E-state index contributed by atoms with van der Waals surface area (Å²) in [6.07, 6.45) is 3.86. The Hall–Kier alpha value is -2.06. The van der Waals surface area contributed by atoms with Crippen LogP contribution in [-0.2, 0) is 9.53 Å². The largest absolute Gasteiger partial charge is 0.444 e. The van der Waals surface area contributed by atoms with Crippen molar-refractivity contribution < 1.29 is 14.3 Å². The summed E-state index contributed by atoms with van der Waals surface area (Å²) < 4.78 is 5.48. The number of nitrogens with one attached hydrogen (secondary N) is 1. The monoisotopic (exact) mass is 423 g/mol. The second kappa shape index (κ2) is 8.36. The van der Waals surface area contributed by atoms with E-state index in [0.717, 1.165) is 36.4 Å². The number of amidine groups is 1. The van der Waals surface area contributed by atoms with E-state index in [0.29, 0.717) is 18.1 Å². The van der Waals surface area contributed by atoms with Crippen molar-refractivity contribution in [2.24, 2.45) is 16.8 Å². The number of hydrogen-bond acceptors (Lipinski definition) is 6. The number of carbonyl (C=O) groups excluding carboxylic acids is 2. The average Bonchev–Trinajstić information content (AvgIpc) is 2.98. The molecule has 1 atom stereocenters. The van der Waals surface area contributed by atoms with E-state index in [4.69, 9.17) is 27.2 Å². The number of ether oxygens (including phenoxy) is 1. The van der Waals surface area contributed by atoms with E-state index in [2.05, 4.69) is 5.43 Å². The normalized spacial score (nSPS) is 22.9. The molecule has 2 amide bonds. The molecule has 0 aromatic carbocycles. The smallest absolute Gasteiger partial charge is 0.410 e. The molecule has 0 spiro atoms. The fourth-order valence-corrected chi connectivity index (χ4v) is 4.13. The Morgan fingerprint density at radius 2 is 2.00 bits per heavy atom. The van der Waals surface area contributed by atoms with Gasteiger partial charge >= 0.3 is 6.09 Å². The molecule has 3 aliphatic rings. The van der Waals surface area contributed by atoms with Gasteiger partial charge in [0.1, 0.15) is 11.4 Å². The predicted molar refractivity (Wildman–Crippen MR) is 112 cm³/mol. The third-order valence-electron chi connectivity index (χ3n) is 5.42. The van der Waals surface area contributed by atoms with Crippen molar-refractivity contribution in [1.29, 1.82) is 0 Å². The molecule has 3 N–H and O–H groups in total. The first-order chi connectivity index (χ1) is 13.6. The number of aliphatic imine (C=N–C) groups is 1. The minimum absolute atomic E-state index is 0.00585. The maximum absolute atomic E-state index is 12.3. The summed E-state index contributed by atoms with van der Waals surface area (Å²) in [4.78, 5) is 33.0. The second-order valence-corrected chi connectivity index (χ2v) is 9.23. The molecule has 1 aliphatic carbocycles. The van der Waals surface area contributed by atoms with Gasteiger partial charge in [0.05, 0.1) is 18.3 Å². The zero-order valence-corrected chi connectivity index (χ0v) is 18.3. The Labute approximate surface area is 176 Å². The maximum Gasteiger partial charge on any atom is 0.410 e. The summed E-state index contributed by atoms with van der Waals surface area (Å²) in [6, 6.07) is -0.00585. The number of rotatable bonds is 3. The summed E-state index contributed by atoms with van der Waals surface area (Å²) in [5.41, 5.74) is 3.66. The lowest BCUT2D eigenvalue weighted by Crippen LogP contribution is -2.49. The summed E-state index contributed by atoms with van der Waals surface area (Å²) >= 11 is 6.31. The first-order valence-electron chi connectivity index (χ1n) is 9.98. The molecule has 1 unspecified atom stereocenters. The van der Waals surface area contributed by atoms with E-state index in [1.807, 2.05) is 38.7 Å². The zero-order valence-electron chi connectivity index (χ0n) is 17.5. The Morgan fingerprint density at radius 1 is 1.34 bits per heavy atom. The van der Waals surface area contributed by atoms with E-state index in [1.54, 1.807) is 4.90 Å². The van der Waals surface area contributed by atoms with E-state index in [-0.39, 0.29) is 30.5 Å². The Balaban J connectivity index is 1.73. The molecule has 9 heteroatoms. The van der Waals surface area contributed by atoms with Crippen LogP contribution in [0.25, 0.3) is 0 Å².